The Kier molecular flexibility index (Phi) is 6.40. The molecule has 0 saturated heterocycles. The highest BCUT2D eigenvalue weighted by atomic mass is 79.9. The number of rotatable bonds is 6. The molecule has 146 valence electrons. The van der Waals surface area contributed by atoms with Gasteiger partial charge in [0.1, 0.15) is 5.82 Å². The van der Waals surface area contributed by atoms with Crippen molar-refractivity contribution in [2.45, 2.75) is 72.3 Å². The Hall–Kier alpha value is -1.62. The fourth-order valence-electron chi connectivity index (χ4n) is 3.90. The summed E-state index contributed by atoms with van der Waals surface area (Å²) in [5.74, 6) is 2.31. The third-order valence-electron chi connectivity index (χ3n) is 5.58. The van der Waals surface area contributed by atoms with Gasteiger partial charge in [0, 0.05) is 28.3 Å². The van der Waals surface area contributed by atoms with Crippen LogP contribution in [-0.4, -0.2) is 22.6 Å². The van der Waals surface area contributed by atoms with E-state index in [9.17, 15) is 0 Å². The van der Waals surface area contributed by atoms with E-state index in [1.807, 2.05) is 0 Å². The van der Waals surface area contributed by atoms with Crippen molar-refractivity contribution >= 4 is 33.4 Å². The lowest BCUT2D eigenvalue weighted by molar-refractivity contribution is 0.525. The summed E-state index contributed by atoms with van der Waals surface area (Å²) in [7, 11) is 0. The third kappa shape index (κ3) is 4.29. The molecule has 0 unspecified atom stereocenters. The number of aromatic nitrogens is 2. The van der Waals surface area contributed by atoms with Gasteiger partial charge in [0.05, 0.1) is 5.69 Å². The van der Waals surface area contributed by atoms with Crippen LogP contribution in [0.5, 0.6) is 0 Å². The second kappa shape index (κ2) is 8.59. The maximum atomic E-state index is 4.95. The second-order valence-electron chi connectivity index (χ2n) is 7.72. The summed E-state index contributed by atoms with van der Waals surface area (Å²) in [5, 5.41) is 3.43. The molecule has 1 aliphatic rings. The highest BCUT2D eigenvalue weighted by Gasteiger charge is 2.26. The molecule has 1 aliphatic heterocycles. The van der Waals surface area contributed by atoms with Crippen LogP contribution in [-0.2, 0) is 6.42 Å². The molecule has 0 saturated carbocycles. The summed E-state index contributed by atoms with van der Waals surface area (Å²) in [4.78, 5) is 12.2. The smallest absolute Gasteiger partial charge is 0.229 e. The fraction of sp³-hybridized carbons (Fsp3) is 0.545. The highest BCUT2D eigenvalue weighted by Crippen LogP contribution is 2.33. The van der Waals surface area contributed by atoms with Crippen molar-refractivity contribution in [3.8, 4) is 0 Å². The predicted octanol–water partition coefficient (Wildman–Crippen LogP) is 6.36. The molecule has 0 radical (unpaired) electrons. The van der Waals surface area contributed by atoms with Crippen molar-refractivity contribution in [1.29, 1.82) is 0 Å². The van der Waals surface area contributed by atoms with Crippen LogP contribution in [0.3, 0.4) is 0 Å². The maximum absolute atomic E-state index is 4.95. The summed E-state index contributed by atoms with van der Waals surface area (Å²) < 4.78 is 1.05. The number of halogens is 1. The Balaban J connectivity index is 1.94. The van der Waals surface area contributed by atoms with Gasteiger partial charge in [-0.25, -0.2) is 4.98 Å². The second-order valence-corrected chi connectivity index (χ2v) is 8.58. The van der Waals surface area contributed by atoms with Crippen LogP contribution in [0.15, 0.2) is 22.7 Å². The van der Waals surface area contributed by atoms with E-state index in [0.29, 0.717) is 17.9 Å². The topological polar surface area (TPSA) is 41.1 Å². The molecule has 1 aromatic carbocycles. The van der Waals surface area contributed by atoms with E-state index in [0.717, 1.165) is 47.5 Å². The molecule has 1 aromatic heterocycles. The number of anilines is 3. The molecule has 0 bridgehead atoms. The minimum atomic E-state index is 0.506. The third-order valence-corrected chi connectivity index (χ3v) is 6.24. The van der Waals surface area contributed by atoms with Gasteiger partial charge in [0.25, 0.3) is 0 Å². The summed E-state index contributed by atoms with van der Waals surface area (Å²) in [6, 6.07) is 6.99. The number of fused-ring (bicyclic) bond motifs is 1. The lowest BCUT2D eigenvalue weighted by Gasteiger charge is -2.36. The lowest BCUT2D eigenvalue weighted by atomic mass is 10.0. The molecule has 1 N–H and O–H groups in total. The van der Waals surface area contributed by atoms with Crippen molar-refractivity contribution < 1.29 is 0 Å². The molecule has 27 heavy (non-hydrogen) atoms. The predicted molar refractivity (Wildman–Crippen MR) is 118 cm³/mol. The number of hydrogen-bond donors (Lipinski definition) is 1. The fourth-order valence-corrected chi connectivity index (χ4v) is 4.39. The van der Waals surface area contributed by atoms with Crippen LogP contribution in [0, 0.1) is 6.92 Å². The zero-order chi connectivity index (χ0) is 19.6. The Morgan fingerprint density at radius 2 is 1.93 bits per heavy atom. The maximum Gasteiger partial charge on any atom is 0.229 e. The van der Waals surface area contributed by atoms with E-state index in [1.54, 1.807) is 0 Å². The summed E-state index contributed by atoms with van der Waals surface area (Å²) in [5.41, 5.74) is 4.72. The molecule has 2 heterocycles. The molecule has 2 aromatic rings. The molecule has 0 amide bonds. The van der Waals surface area contributed by atoms with Gasteiger partial charge in [-0.1, -0.05) is 33.8 Å². The Bertz CT molecular complexity index is 799. The first-order chi connectivity index (χ1) is 12.9. The molecule has 0 aliphatic carbocycles. The molecule has 4 nitrogen and oxygen atoms in total. The first kappa shape index (κ1) is 20.1. The van der Waals surface area contributed by atoms with Crippen LogP contribution in [0.1, 0.15) is 69.7 Å². The van der Waals surface area contributed by atoms with Gasteiger partial charge < -0.3 is 10.2 Å². The summed E-state index contributed by atoms with van der Waals surface area (Å²) >= 11 is 3.70. The van der Waals surface area contributed by atoms with Gasteiger partial charge in [0.15, 0.2) is 0 Å². The van der Waals surface area contributed by atoms with Crippen LogP contribution in [0.4, 0.5) is 17.5 Å². The van der Waals surface area contributed by atoms with Gasteiger partial charge >= 0.3 is 0 Å². The first-order valence-corrected chi connectivity index (χ1v) is 10.9. The average molecular weight is 431 g/mol. The molecule has 0 fully saturated rings. The highest BCUT2D eigenvalue weighted by molar-refractivity contribution is 9.10. The molecule has 3 rings (SSSR count). The van der Waals surface area contributed by atoms with Crippen LogP contribution < -0.4 is 10.2 Å². The summed E-state index contributed by atoms with van der Waals surface area (Å²) in [6.45, 7) is 12.1. The largest absolute Gasteiger partial charge is 0.353 e. The number of nitrogens with zero attached hydrogens (tertiary/aromatic N) is 3. The zero-order valence-electron chi connectivity index (χ0n) is 17.1. The van der Waals surface area contributed by atoms with E-state index in [4.69, 9.17) is 9.97 Å². The Labute approximate surface area is 171 Å². The lowest BCUT2D eigenvalue weighted by Crippen LogP contribution is -2.39. The van der Waals surface area contributed by atoms with E-state index in [2.05, 4.69) is 79.0 Å². The normalized spacial score (nSPS) is 14.0. The average Bonchev–Trinajstić information content (AvgIpc) is 2.64. The van der Waals surface area contributed by atoms with E-state index in [1.165, 1.54) is 17.5 Å². The number of nitrogens with one attached hydrogen (secondary N) is 1. The number of hydrogen-bond acceptors (Lipinski definition) is 4. The molecule has 5 heteroatoms. The summed E-state index contributed by atoms with van der Waals surface area (Å²) in [6.07, 6.45) is 4.54. The van der Waals surface area contributed by atoms with Crippen molar-refractivity contribution in [2.75, 3.05) is 16.8 Å². The minimum absolute atomic E-state index is 0.506. The Morgan fingerprint density at radius 3 is 2.56 bits per heavy atom. The number of benzene rings is 1. The first-order valence-electron chi connectivity index (χ1n) is 10.1. The quantitative estimate of drug-likeness (QED) is 0.578. The standard InChI is InChI=1S/C22H31BrN4/c1-6-17(7-2)27-12-8-9-18-15(5)24-22(26-21(18)27)25-20-11-10-16(14(3)4)13-19(20)23/h10-11,13-14,17H,6-9,12H2,1-5H3,(H,24,25,26). The molecular formula is C22H31BrN4. The van der Waals surface area contributed by atoms with Crippen molar-refractivity contribution in [1.82, 2.24) is 9.97 Å². The van der Waals surface area contributed by atoms with E-state index in [-0.39, 0.29) is 0 Å². The van der Waals surface area contributed by atoms with Crippen LogP contribution in [0.25, 0.3) is 0 Å². The van der Waals surface area contributed by atoms with Gasteiger partial charge in [-0.2, -0.15) is 4.98 Å². The van der Waals surface area contributed by atoms with Gasteiger partial charge in [-0.05, 0) is 72.2 Å². The number of aryl methyl sites for hydroxylation is 1. The van der Waals surface area contributed by atoms with Crippen molar-refractivity contribution in [3.05, 3.63) is 39.5 Å². The molecule has 0 spiro atoms. The zero-order valence-corrected chi connectivity index (χ0v) is 18.7. The SMILES string of the molecule is CCC(CC)N1CCCc2c(C)nc(Nc3ccc(C(C)C)cc3Br)nc21. The molecule has 0 atom stereocenters. The van der Waals surface area contributed by atoms with Crippen molar-refractivity contribution in [3.63, 3.8) is 0 Å². The van der Waals surface area contributed by atoms with Crippen LogP contribution >= 0.6 is 15.9 Å². The van der Waals surface area contributed by atoms with Gasteiger partial charge in [-0.3, -0.25) is 0 Å². The minimum Gasteiger partial charge on any atom is -0.353 e. The van der Waals surface area contributed by atoms with Crippen molar-refractivity contribution in [2.24, 2.45) is 0 Å². The van der Waals surface area contributed by atoms with Crippen LogP contribution in [0.2, 0.25) is 0 Å². The van der Waals surface area contributed by atoms with E-state index >= 15 is 0 Å². The Morgan fingerprint density at radius 1 is 1.19 bits per heavy atom. The molecular weight excluding hydrogens is 400 g/mol. The van der Waals surface area contributed by atoms with Gasteiger partial charge in [0.2, 0.25) is 5.95 Å². The van der Waals surface area contributed by atoms with Gasteiger partial charge in [-0.15, -0.1) is 0 Å². The monoisotopic (exact) mass is 430 g/mol. The van der Waals surface area contributed by atoms with E-state index < -0.39 is 0 Å².